The molecule has 0 aromatic rings. The number of aliphatic hydroxyl groups excluding tert-OH is 2. The molecule has 0 radical (unpaired) electrons. The molecule has 0 spiro atoms. The van der Waals surface area contributed by atoms with E-state index in [2.05, 4.69) is 4.85 Å². The van der Waals surface area contributed by atoms with Gasteiger partial charge in [-0.05, 0) is 0 Å². The number of rotatable bonds is 1. The Bertz CT molecular complexity index is 297. The molecule has 1 rings (SSSR count). The molecule has 1 saturated carbocycles. The van der Waals surface area contributed by atoms with E-state index in [9.17, 15) is 10.2 Å². The van der Waals surface area contributed by atoms with Gasteiger partial charge in [-0.3, -0.25) is 0 Å². The van der Waals surface area contributed by atoms with Gasteiger partial charge in [-0.1, -0.05) is 25.4 Å². The zero-order chi connectivity index (χ0) is 10.9. The maximum atomic E-state index is 9.68. The molecule has 0 heterocycles. The van der Waals surface area contributed by atoms with Crippen LogP contribution in [0.4, 0.5) is 0 Å². The lowest BCUT2D eigenvalue weighted by molar-refractivity contribution is 0.0327. The van der Waals surface area contributed by atoms with Crippen molar-refractivity contribution in [3.05, 3.63) is 22.5 Å². The van der Waals surface area contributed by atoms with Crippen LogP contribution < -0.4 is 0 Å². The monoisotopic (exact) mass is 215 g/mol. The molecule has 3 nitrogen and oxygen atoms in total. The molecule has 4 heteroatoms. The average molecular weight is 216 g/mol. The van der Waals surface area contributed by atoms with Crippen LogP contribution in [0.1, 0.15) is 20.3 Å². The molecule has 0 unspecified atom stereocenters. The van der Waals surface area contributed by atoms with E-state index in [1.54, 1.807) is 6.92 Å². The maximum Gasteiger partial charge on any atom is 0.262 e. The quantitative estimate of drug-likeness (QED) is 0.652. The Morgan fingerprint density at radius 1 is 1.64 bits per heavy atom. The highest BCUT2D eigenvalue weighted by atomic mass is 35.5. The highest BCUT2D eigenvalue weighted by Crippen LogP contribution is 2.46. The van der Waals surface area contributed by atoms with Crippen LogP contribution >= 0.6 is 11.6 Å². The fraction of sp³-hybridized carbons (Fsp3) is 0.700. The van der Waals surface area contributed by atoms with Crippen molar-refractivity contribution in [3.8, 4) is 0 Å². The second-order valence-corrected chi connectivity index (χ2v) is 3.90. The van der Waals surface area contributed by atoms with Crippen molar-refractivity contribution in [1.29, 1.82) is 0 Å². The Kier molecular flexibility index (Phi) is 3.20. The van der Waals surface area contributed by atoms with E-state index in [4.69, 9.17) is 18.2 Å². The number of aliphatic hydroxyl groups is 2. The van der Waals surface area contributed by atoms with Crippen LogP contribution in [-0.4, -0.2) is 28.0 Å². The first-order valence-corrected chi connectivity index (χ1v) is 5.04. The molecule has 1 fully saturated rings. The topological polar surface area (TPSA) is 44.8 Å². The van der Waals surface area contributed by atoms with Crippen molar-refractivity contribution < 1.29 is 10.2 Å². The summed E-state index contributed by atoms with van der Waals surface area (Å²) >= 11 is 5.60. The summed E-state index contributed by atoms with van der Waals surface area (Å²) in [4.78, 5) is 3.55. The number of hydrogen-bond donors (Lipinski definition) is 2. The lowest BCUT2D eigenvalue weighted by atomic mass is 9.83. The van der Waals surface area contributed by atoms with Gasteiger partial charge in [0.1, 0.15) is 6.10 Å². The van der Waals surface area contributed by atoms with E-state index in [0.29, 0.717) is 12.0 Å². The van der Waals surface area contributed by atoms with Crippen LogP contribution in [0.5, 0.6) is 0 Å². The summed E-state index contributed by atoms with van der Waals surface area (Å²) in [5.41, 5.74) is 0.844. The van der Waals surface area contributed by atoms with E-state index in [1.165, 1.54) is 5.54 Å². The molecule has 0 aromatic heterocycles. The summed E-state index contributed by atoms with van der Waals surface area (Å²) in [5.74, 6) is -0.287. The first kappa shape index (κ1) is 11.5. The Labute approximate surface area is 88.8 Å². The van der Waals surface area contributed by atoms with Gasteiger partial charge in [-0.2, -0.15) is 0 Å². The molecular formula is C10H14ClNO2. The van der Waals surface area contributed by atoms with Gasteiger partial charge in [0.2, 0.25) is 0 Å². The molecule has 0 bridgehead atoms. The first-order valence-electron chi connectivity index (χ1n) is 4.60. The van der Waals surface area contributed by atoms with E-state index in [1.807, 2.05) is 6.92 Å². The summed E-state index contributed by atoms with van der Waals surface area (Å²) in [5, 5.41) is 19.4. The van der Waals surface area contributed by atoms with Gasteiger partial charge in [0.25, 0.3) is 5.54 Å². The fourth-order valence-electron chi connectivity index (χ4n) is 2.19. The summed E-state index contributed by atoms with van der Waals surface area (Å²) < 4.78 is 0. The predicted octanol–water partition coefficient (Wildman–Crippen LogP) is 1.55. The highest BCUT2D eigenvalue weighted by Gasteiger charge is 2.59. The summed E-state index contributed by atoms with van der Waals surface area (Å²) in [7, 11) is 0. The lowest BCUT2D eigenvalue weighted by Gasteiger charge is -2.20. The minimum Gasteiger partial charge on any atom is -0.389 e. The van der Waals surface area contributed by atoms with Gasteiger partial charge in [0, 0.05) is 12.0 Å². The largest absolute Gasteiger partial charge is 0.389 e. The van der Waals surface area contributed by atoms with E-state index < -0.39 is 17.7 Å². The second-order valence-electron chi connectivity index (χ2n) is 3.68. The van der Waals surface area contributed by atoms with Crippen LogP contribution in [0.15, 0.2) is 11.1 Å². The first-order chi connectivity index (χ1) is 6.55. The molecule has 1 aliphatic carbocycles. The van der Waals surface area contributed by atoms with E-state index >= 15 is 0 Å². The number of nitrogens with zero attached hydrogens (tertiary/aromatic N) is 1. The normalized spacial score (nSPS) is 45.4. The summed E-state index contributed by atoms with van der Waals surface area (Å²) in [6, 6.07) is 0. The van der Waals surface area contributed by atoms with Gasteiger partial charge < -0.3 is 15.1 Å². The average Bonchev–Trinajstić information content (AvgIpc) is 2.39. The van der Waals surface area contributed by atoms with Crippen LogP contribution in [0.2, 0.25) is 0 Å². The van der Waals surface area contributed by atoms with Crippen molar-refractivity contribution in [3.63, 3.8) is 0 Å². The smallest absolute Gasteiger partial charge is 0.262 e. The van der Waals surface area contributed by atoms with Crippen molar-refractivity contribution in [2.75, 3.05) is 0 Å². The van der Waals surface area contributed by atoms with E-state index in [0.717, 1.165) is 0 Å². The van der Waals surface area contributed by atoms with Gasteiger partial charge in [-0.25, -0.2) is 6.57 Å². The van der Waals surface area contributed by atoms with Gasteiger partial charge >= 0.3 is 0 Å². The van der Waals surface area contributed by atoms with Crippen LogP contribution in [-0.2, 0) is 0 Å². The van der Waals surface area contributed by atoms with Crippen LogP contribution in [0.25, 0.3) is 4.85 Å². The maximum absolute atomic E-state index is 9.68. The second kappa shape index (κ2) is 3.90. The third kappa shape index (κ3) is 1.26. The molecule has 2 N–H and O–H groups in total. The highest BCUT2D eigenvalue weighted by molar-refractivity contribution is 6.26. The van der Waals surface area contributed by atoms with Crippen molar-refractivity contribution in [1.82, 2.24) is 0 Å². The number of halogens is 1. The van der Waals surface area contributed by atoms with Crippen molar-refractivity contribution in [2.45, 2.75) is 38.0 Å². The van der Waals surface area contributed by atoms with Crippen LogP contribution in [0.3, 0.4) is 0 Å². The molecule has 14 heavy (non-hydrogen) atoms. The zero-order valence-electron chi connectivity index (χ0n) is 8.24. The summed E-state index contributed by atoms with van der Waals surface area (Å²) in [6.45, 7) is 10.8. The Hall–Kier alpha value is -0.560. The molecule has 0 aromatic carbocycles. The lowest BCUT2D eigenvalue weighted by Crippen LogP contribution is -2.32. The molecule has 78 valence electrons. The zero-order valence-corrected chi connectivity index (χ0v) is 8.99. The molecule has 4 atom stereocenters. The molecule has 0 aliphatic heterocycles. The third-order valence-corrected chi connectivity index (χ3v) is 3.50. The summed E-state index contributed by atoms with van der Waals surface area (Å²) in [6.07, 6.45) is -1.35. The van der Waals surface area contributed by atoms with Gasteiger partial charge in [0.15, 0.2) is 0 Å². The van der Waals surface area contributed by atoms with Crippen molar-refractivity contribution in [2.24, 2.45) is 5.92 Å². The predicted molar refractivity (Wildman–Crippen MR) is 54.7 cm³/mol. The number of hydrogen-bond acceptors (Lipinski definition) is 2. The van der Waals surface area contributed by atoms with Gasteiger partial charge in [0.05, 0.1) is 17.6 Å². The molecule has 0 amide bonds. The third-order valence-electron chi connectivity index (χ3n) is 3.26. The standard InChI is InChI=1S/C10H14ClNO2/c1-4-10(12-3)6(2)8(13)9(14)7(10)5-11/h5-6,8-9,13-14H,4H2,1-2H3/b7-5-/t6-,8+,9-,10-/m0/s1. The molecule has 0 saturated heterocycles. The minimum atomic E-state index is -1.00. The fourth-order valence-corrected chi connectivity index (χ4v) is 2.51. The Balaban J connectivity index is 3.24. The molecular weight excluding hydrogens is 202 g/mol. The Morgan fingerprint density at radius 3 is 2.50 bits per heavy atom. The minimum absolute atomic E-state index is 0.287. The van der Waals surface area contributed by atoms with Crippen molar-refractivity contribution >= 4 is 11.6 Å². The molecule has 1 aliphatic rings. The Morgan fingerprint density at radius 2 is 2.21 bits per heavy atom. The SMILES string of the molecule is [C-]#[N+][C@]1(CC)/C(=C\Cl)[C@H](O)[C@H](O)[C@@H]1C. The van der Waals surface area contributed by atoms with Gasteiger partial charge in [-0.15, -0.1) is 0 Å². The van der Waals surface area contributed by atoms with E-state index in [-0.39, 0.29) is 5.92 Å². The van der Waals surface area contributed by atoms with Crippen LogP contribution in [0, 0.1) is 12.5 Å².